The number of amides is 1. The Kier molecular flexibility index (Phi) is 6.02. The van der Waals surface area contributed by atoms with E-state index in [4.69, 9.17) is 4.52 Å². The molecule has 0 aliphatic carbocycles. The van der Waals surface area contributed by atoms with Crippen LogP contribution in [-0.4, -0.2) is 42.1 Å². The molecule has 0 unspecified atom stereocenters. The Morgan fingerprint density at radius 2 is 1.78 bits per heavy atom. The molecule has 0 bridgehead atoms. The average Bonchev–Trinajstić information content (AvgIpc) is 3.49. The minimum Gasteiger partial charge on any atom is -0.356 e. The summed E-state index contributed by atoms with van der Waals surface area (Å²) in [5.41, 5.74) is 4.15. The second-order valence-corrected chi connectivity index (χ2v) is 10.4. The summed E-state index contributed by atoms with van der Waals surface area (Å²) in [4.78, 5) is 16.2. The summed E-state index contributed by atoms with van der Waals surface area (Å²) in [6, 6.07) is 7.79. The lowest BCUT2D eigenvalue weighted by atomic mass is 9.91. The standard InChI is InChI=1S/C28H30F3N3O2/c29-22-4-5-23-24(17-22)36-32-26(23)18-7-12-33(13-8-18)11-2-1-10-28(30,31)21-15-19-3-6-25(35)34-14-9-20(16-21)27(19)34/h4-5,15-18H,1-3,6-14H2. The number of carbonyl (C=O) groups excluding carboxylic acids is 1. The molecule has 0 N–H and O–H groups in total. The van der Waals surface area contributed by atoms with Gasteiger partial charge < -0.3 is 14.3 Å². The predicted octanol–water partition coefficient (Wildman–Crippen LogP) is 5.94. The third-order valence-electron chi connectivity index (χ3n) is 8.13. The summed E-state index contributed by atoms with van der Waals surface area (Å²) >= 11 is 0. The minimum absolute atomic E-state index is 0.105. The smallest absolute Gasteiger partial charge is 0.273 e. The van der Waals surface area contributed by atoms with Crippen LogP contribution in [0.2, 0.25) is 0 Å². The van der Waals surface area contributed by atoms with Gasteiger partial charge in [0.15, 0.2) is 5.58 Å². The van der Waals surface area contributed by atoms with E-state index >= 15 is 8.78 Å². The number of alkyl halides is 2. The number of hydrogen-bond donors (Lipinski definition) is 0. The Bertz CT molecular complexity index is 1300. The highest BCUT2D eigenvalue weighted by atomic mass is 19.3. The van der Waals surface area contributed by atoms with Crippen LogP contribution < -0.4 is 4.90 Å². The normalized spacial score (nSPS) is 18.9. The van der Waals surface area contributed by atoms with Gasteiger partial charge in [0.25, 0.3) is 5.92 Å². The van der Waals surface area contributed by atoms with Crippen molar-refractivity contribution in [3.63, 3.8) is 0 Å². The number of benzene rings is 2. The number of anilines is 1. The number of rotatable bonds is 7. The van der Waals surface area contributed by atoms with Gasteiger partial charge in [-0.2, -0.15) is 0 Å². The molecule has 3 aromatic rings. The molecule has 0 saturated carbocycles. The van der Waals surface area contributed by atoms with Crippen LogP contribution in [0.3, 0.4) is 0 Å². The lowest BCUT2D eigenvalue weighted by molar-refractivity contribution is -0.118. The number of hydrogen-bond acceptors (Lipinski definition) is 4. The molecule has 1 amide bonds. The quantitative estimate of drug-likeness (QED) is 0.379. The van der Waals surface area contributed by atoms with E-state index in [0.717, 1.165) is 66.8 Å². The first kappa shape index (κ1) is 23.5. The number of aryl methyl sites for hydroxylation is 1. The molecule has 2 aromatic carbocycles. The maximum atomic E-state index is 15.1. The molecule has 3 aliphatic heterocycles. The molecule has 0 atom stereocenters. The van der Waals surface area contributed by atoms with Crippen LogP contribution in [0.1, 0.15) is 66.8 Å². The van der Waals surface area contributed by atoms with Crippen molar-refractivity contribution in [1.29, 1.82) is 0 Å². The average molecular weight is 498 g/mol. The topological polar surface area (TPSA) is 49.6 Å². The van der Waals surface area contributed by atoms with Crippen LogP contribution in [0.15, 0.2) is 34.9 Å². The highest BCUT2D eigenvalue weighted by Crippen LogP contribution is 2.42. The number of aromatic nitrogens is 1. The second-order valence-electron chi connectivity index (χ2n) is 10.4. The van der Waals surface area contributed by atoms with Gasteiger partial charge in [-0.05, 0) is 93.6 Å². The van der Waals surface area contributed by atoms with E-state index in [2.05, 4.69) is 10.1 Å². The van der Waals surface area contributed by atoms with Crippen molar-refractivity contribution in [2.24, 2.45) is 0 Å². The van der Waals surface area contributed by atoms with E-state index in [9.17, 15) is 9.18 Å². The lowest BCUT2D eigenvalue weighted by Crippen LogP contribution is -2.34. The van der Waals surface area contributed by atoms with Crippen molar-refractivity contribution < 1.29 is 22.5 Å². The zero-order chi connectivity index (χ0) is 24.9. The zero-order valence-electron chi connectivity index (χ0n) is 20.2. The van der Waals surface area contributed by atoms with Crippen LogP contribution in [0, 0.1) is 5.82 Å². The van der Waals surface area contributed by atoms with E-state index in [1.807, 2.05) is 0 Å². The molecule has 0 radical (unpaired) electrons. The largest absolute Gasteiger partial charge is 0.356 e. The van der Waals surface area contributed by atoms with Crippen molar-refractivity contribution in [2.45, 2.75) is 63.2 Å². The van der Waals surface area contributed by atoms with Crippen LogP contribution in [0.4, 0.5) is 18.9 Å². The Morgan fingerprint density at radius 1 is 1.00 bits per heavy atom. The molecular formula is C28H30F3N3O2. The fourth-order valence-electron chi connectivity index (χ4n) is 6.15. The third kappa shape index (κ3) is 4.29. The highest BCUT2D eigenvalue weighted by Gasteiger charge is 2.37. The monoisotopic (exact) mass is 497 g/mol. The molecule has 1 aromatic heterocycles. The number of likely N-dealkylation sites (tertiary alicyclic amines) is 1. The fourth-order valence-corrected chi connectivity index (χ4v) is 6.15. The summed E-state index contributed by atoms with van der Waals surface area (Å²) in [6.45, 7) is 3.19. The molecule has 3 aliphatic rings. The molecule has 5 nitrogen and oxygen atoms in total. The van der Waals surface area contributed by atoms with Crippen LogP contribution in [0.25, 0.3) is 11.0 Å². The van der Waals surface area contributed by atoms with Crippen molar-refractivity contribution in [2.75, 3.05) is 31.1 Å². The first-order valence-electron chi connectivity index (χ1n) is 13.0. The van der Waals surface area contributed by atoms with Gasteiger partial charge in [0.05, 0.1) is 11.4 Å². The van der Waals surface area contributed by atoms with Gasteiger partial charge >= 0.3 is 0 Å². The highest BCUT2D eigenvalue weighted by molar-refractivity contribution is 5.98. The molecule has 190 valence electrons. The predicted molar refractivity (Wildman–Crippen MR) is 131 cm³/mol. The first-order valence-corrected chi connectivity index (χ1v) is 13.0. The van der Waals surface area contributed by atoms with Crippen molar-refractivity contribution in [3.8, 4) is 0 Å². The number of piperidine rings is 1. The van der Waals surface area contributed by atoms with Crippen LogP contribution >= 0.6 is 0 Å². The molecule has 8 heteroatoms. The van der Waals surface area contributed by atoms with E-state index in [1.54, 1.807) is 23.1 Å². The molecule has 36 heavy (non-hydrogen) atoms. The van der Waals surface area contributed by atoms with E-state index in [-0.39, 0.29) is 29.6 Å². The number of unbranched alkanes of at least 4 members (excludes halogenated alkanes) is 1. The Balaban J connectivity index is 1.00. The maximum absolute atomic E-state index is 15.1. The van der Waals surface area contributed by atoms with Crippen molar-refractivity contribution in [3.05, 3.63) is 58.5 Å². The Labute approximate surface area is 208 Å². The van der Waals surface area contributed by atoms with Crippen molar-refractivity contribution in [1.82, 2.24) is 10.1 Å². The molecule has 1 fully saturated rings. The number of nitrogens with zero attached hydrogens (tertiary/aromatic N) is 3. The maximum Gasteiger partial charge on any atom is 0.273 e. The summed E-state index contributed by atoms with van der Waals surface area (Å²) in [5.74, 6) is -2.82. The summed E-state index contributed by atoms with van der Waals surface area (Å²) in [7, 11) is 0. The molecule has 0 spiro atoms. The molecule has 4 heterocycles. The Morgan fingerprint density at radius 3 is 2.58 bits per heavy atom. The number of carbonyl (C=O) groups is 1. The summed E-state index contributed by atoms with van der Waals surface area (Å²) in [6.07, 6.45) is 4.50. The van der Waals surface area contributed by atoms with E-state index < -0.39 is 5.92 Å². The summed E-state index contributed by atoms with van der Waals surface area (Å²) in [5, 5.41) is 5.07. The fraction of sp³-hybridized carbons (Fsp3) is 0.500. The van der Waals surface area contributed by atoms with E-state index in [0.29, 0.717) is 37.8 Å². The van der Waals surface area contributed by atoms with Crippen LogP contribution in [0.5, 0.6) is 0 Å². The van der Waals surface area contributed by atoms with Gasteiger partial charge in [-0.1, -0.05) is 5.16 Å². The molecular weight excluding hydrogens is 467 g/mol. The third-order valence-corrected chi connectivity index (χ3v) is 8.13. The second kappa shape index (κ2) is 9.21. The SMILES string of the molecule is O=C1CCc2cc(C(F)(F)CCCCN3CCC(c4noc5cc(F)ccc45)CC3)cc3c2N1CC3. The van der Waals surface area contributed by atoms with Gasteiger partial charge in [0.2, 0.25) is 5.91 Å². The molecule has 1 saturated heterocycles. The van der Waals surface area contributed by atoms with Gasteiger partial charge in [0.1, 0.15) is 5.82 Å². The summed E-state index contributed by atoms with van der Waals surface area (Å²) < 4.78 is 49.0. The Hall–Kier alpha value is -2.87. The minimum atomic E-state index is -2.86. The lowest BCUT2D eigenvalue weighted by Gasteiger charge is -2.31. The van der Waals surface area contributed by atoms with Gasteiger partial charge in [-0.3, -0.25) is 4.79 Å². The number of fused-ring (bicyclic) bond motifs is 1. The van der Waals surface area contributed by atoms with Crippen LogP contribution in [-0.2, 0) is 23.6 Å². The number of halogens is 3. The van der Waals surface area contributed by atoms with Gasteiger partial charge in [0, 0.05) is 42.3 Å². The zero-order valence-corrected chi connectivity index (χ0v) is 20.2. The van der Waals surface area contributed by atoms with Gasteiger partial charge in [-0.25, -0.2) is 13.2 Å². The first-order chi connectivity index (χ1) is 17.4. The van der Waals surface area contributed by atoms with Gasteiger partial charge in [-0.15, -0.1) is 0 Å². The van der Waals surface area contributed by atoms with Crippen molar-refractivity contribution >= 4 is 22.6 Å². The molecule has 6 rings (SSSR count). The van der Waals surface area contributed by atoms with E-state index in [1.165, 1.54) is 12.1 Å².